The SMILES string of the molecule is Cc1cccc(CN(CC(=O)Nc2cccc(Cl)c2)C(=O)c2ccc(Cl)cc2)c1. The van der Waals surface area contributed by atoms with Crippen LogP contribution in [0.25, 0.3) is 0 Å². The molecule has 0 heterocycles. The number of benzene rings is 3. The van der Waals surface area contributed by atoms with Gasteiger partial charge < -0.3 is 10.2 Å². The molecule has 0 aromatic heterocycles. The molecular formula is C23H20Cl2N2O2. The smallest absolute Gasteiger partial charge is 0.254 e. The first kappa shape index (κ1) is 20.9. The van der Waals surface area contributed by atoms with Crippen molar-refractivity contribution in [1.29, 1.82) is 0 Å². The Kier molecular flexibility index (Phi) is 6.91. The Bertz CT molecular complexity index is 1020. The number of anilines is 1. The molecule has 0 fully saturated rings. The summed E-state index contributed by atoms with van der Waals surface area (Å²) in [5, 5.41) is 3.86. The number of hydrogen-bond acceptors (Lipinski definition) is 2. The van der Waals surface area contributed by atoms with Crippen LogP contribution in [0.4, 0.5) is 5.69 Å². The zero-order chi connectivity index (χ0) is 20.8. The first-order valence-electron chi connectivity index (χ1n) is 9.06. The summed E-state index contributed by atoms with van der Waals surface area (Å²) in [7, 11) is 0. The summed E-state index contributed by atoms with van der Waals surface area (Å²) in [6, 6.07) is 21.4. The van der Waals surface area contributed by atoms with E-state index < -0.39 is 0 Å². The van der Waals surface area contributed by atoms with E-state index >= 15 is 0 Å². The number of rotatable bonds is 6. The second-order valence-corrected chi connectivity index (χ2v) is 7.59. The fourth-order valence-electron chi connectivity index (χ4n) is 2.95. The molecule has 0 unspecified atom stereocenters. The van der Waals surface area contributed by atoms with E-state index in [1.807, 2.05) is 31.2 Å². The number of hydrogen-bond donors (Lipinski definition) is 1. The maximum absolute atomic E-state index is 13.1. The Hall–Kier alpha value is -2.82. The minimum atomic E-state index is -0.303. The largest absolute Gasteiger partial charge is 0.325 e. The molecule has 3 rings (SSSR count). The van der Waals surface area contributed by atoms with E-state index in [0.29, 0.717) is 27.8 Å². The van der Waals surface area contributed by atoms with Crippen molar-refractivity contribution in [2.75, 3.05) is 11.9 Å². The fraction of sp³-hybridized carbons (Fsp3) is 0.130. The fourth-order valence-corrected chi connectivity index (χ4v) is 3.26. The molecule has 148 valence electrons. The lowest BCUT2D eigenvalue weighted by Gasteiger charge is -2.23. The van der Waals surface area contributed by atoms with Gasteiger partial charge in [-0.2, -0.15) is 0 Å². The van der Waals surface area contributed by atoms with Crippen LogP contribution >= 0.6 is 23.2 Å². The third-order valence-corrected chi connectivity index (χ3v) is 4.76. The summed E-state index contributed by atoms with van der Waals surface area (Å²) in [5.41, 5.74) is 3.09. The molecule has 0 spiro atoms. The summed E-state index contributed by atoms with van der Waals surface area (Å²) >= 11 is 11.9. The molecule has 3 aromatic rings. The predicted octanol–water partition coefficient (Wildman–Crippen LogP) is 5.58. The highest BCUT2D eigenvalue weighted by Gasteiger charge is 2.19. The van der Waals surface area contributed by atoms with Crippen molar-refractivity contribution in [3.8, 4) is 0 Å². The van der Waals surface area contributed by atoms with Crippen molar-refractivity contribution in [3.05, 3.63) is 99.5 Å². The van der Waals surface area contributed by atoms with Gasteiger partial charge in [-0.3, -0.25) is 9.59 Å². The minimum Gasteiger partial charge on any atom is -0.325 e. The second kappa shape index (κ2) is 9.59. The maximum atomic E-state index is 13.1. The van der Waals surface area contributed by atoms with E-state index in [2.05, 4.69) is 5.32 Å². The van der Waals surface area contributed by atoms with E-state index in [0.717, 1.165) is 11.1 Å². The van der Waals surface area contributed by atoms with Crippen LogP contribution in [0.2, 0.25) is 10.0 Å². The Morgan fingerprint density at radius 1 is 0.897 bits per heavy atom. The van der Waals surface area contributed by atoms with Gasteiger partial charge in [0.15, 0.2) is 0 Å². The van der Waals surface area contributed by atoms with Gasteiger partial charge in [-0.15, -0.1) is 0 Å². The zero-order valence-corrected chi connectivity index (χ0v) is 17.4. The summed E-state index contributed by atoms with van der Waals surface area (Å²) in [5.74, 6) is -0.549. The van der Waals surface area contributed by atoms with Gasteiger partial charge in [-0.1, -0.05) is 59.1 Å². The van der Waals surface area contributed by atoms with Crippen molar-refractivity contribution >= 4 is 40.7 Å². The zero-order valence-electron chi connectivity index (χ0n) is 15.9. The first-order chi connectivity index (χ1) is 13.9. The van der Waals surface area contributed by atoms with Crippen molar-refractivity contribution < 1.29 is 9.59 Å². The molecule has 6 heteroatoms. The molecule has 4 nitrogen and oxygen atoms in total. The van der Waals surface area contributed by atoms with E-state index in [-0.39, 0.29) is 18.4 Å². The molecule has 0 aliphatic heterocycles. The minimum absolute atomic E-state index is 0.0953. The van der Waals surface area contributed by atoms with Crippen molar-refractivity contribution in [3.63, 3.8) is 0 Å². The second-order valence-electron chi connectivity index (χ2n) is 6.72. The maximum Gasteiger partial charge on any atom is 0.254 e. The van der Waals surface area contributed by atoms with Crippen LogP contribution < -0.4 is 5.32 Å². The lowest BCUT2D eigenvalue weighted by Crippen LogP contribution is -2.37. The van der Waals surface area contributed by atoms with Gasteiger partial charge in [0, 0.05) is 27.8 Å². The molecule has 0 saturated carbocycles. The van der Waals surface area contributed by atoms with Gasteiger partial charge >= 0.3 is 0 Å². The average molecular weight is 427 g/mol. The molecule has 3 aromatic carbocycles. The summed E-state index contributed by atoms with van der Waals surface area (Å²) in [6.07, 6.45) is 0. The van der Waals surface area contributed by atoms with Gasteiger partial charge in [0.2, 0.25) is 5.91 Å². The number of aryl methyl sites for hydroxylation is 1. The third-order valence-electron chi connectivity index (χ3n) is 4.28. The Balaban J connectivity index is 1.80. The highest BCUT2D eigenvalue weighted by Crippen LogP contribution is 2.17. The van der Waals surface area contributed by atoms with Crippen LogP contribution in [0.15, 0.2) is 72.8 Å². The molecule has 29 heavy (non-hydrogen) atoms. The standard InChI is InChI=1S/C23H20Cl2N2O2/c1-16-4-2-5-17(12-16)14-27(23(29)18-8-10-19(24)11-9-18)15-22(28)26-21-7-3-6-20(25)13-21/h2-13H,14-15H2,1H3,(H,26,28). The number of carbonyl (C=O) groups is 2. The molecule has 0 atom stereocenters. The first-order valence-corrected chi connectivity index (χ1v) is 9.82. The topological polar surface area (TPSA) is 49.4 Å². The van der Waals surface area contributed by atoms with Gasteiger partial charge in [-0.25, -0.2) is 0 Å². The van der Waals surface area contributed by atoms with Crippen molar-refractivity contribution in [1.82, 2.24) is 4.90 Å². The van der Waals surface area contributed by atoms with Gasteiger partial charge in [0.25, 0.3) is 5.91 Å². The van der Waals surface area contributed by atoms with E-state index in [1.165, 1.54) is 4.90 Å². The lowest BCUT2D eigenvalue weighted by molar-refractivity contribution is -0.117. The molecule has 0 saturated heterocycles. The van der Waals surface area contributed by atoms with Crippen molar-refractivity contribution in [2.24, 2.45) is 0 Å². The molecular weight excluding hydrogens is 407 g/mol. The molecule has 1 N–H and O–H groups in total. The lowest BCUT2D eigenvalue weighted by atomic mass is 10.1. The summed E-state index contributed by atoms with van der Waals surface area (Å²) in [6.45, 7) is 2.20. The Labute approximate surface area is 180 Å². The Morgan fingerprint density at radius 2 is 1.62 bits per heavy atom. The monoisotopic (exact) mass is 426 g/mol. The van der Waals surface area contributed by atoms with Crippen LogP contribution in [0, 0.1) is 6.92 Å². The number of carbonyl (C=O) groups excluding carboxylic acids is 2. The third kappa shape index (κ3) is 6.08. The molecule has 0 aliphatic carbocycles. The van der Waals surface area contributed by atoms with Crippen LogP contribution in [0.1, 0.15) is 21.5 Å². The summed E-state index contributed by atoms with van der Waals surface area (Å²) in [4.78, 5) is 27.2. The van der Waals surface area contributed by atoms with Crippen LogP contribution in [0.5, 0.6) is 0 Å². The normalized spacial score (nSPS) is 10.4. The number of amides is 2. The van der Waals surface area contributed by atoms with E-state index in [9.17, 15) is 9.59 Å². The predicted molar refractivity (Wildman–Crippen MR) is 117 cm³/mol. The highest BCUT2D eigenvalue weighted by molar-refractivity contribution is 6.31. The van der Waals surface area contributed by atoms with Crippen LogP contribution in [0.3, 0.4) is 0 Å². The van der Waals surface area contributed by atoms with Crippen LogP contribution in [-0.4, -0.2) is 23.3 Å². The molecule has 0 bridgehead atoms. The summed E-state index contributed by atoms with van der Waals surface area (Å²) < 4.78 is 0. The van der Waals surface area contributed by atoms with E-state index in [1.54, 1.807) is 48.5 Å². The molecule has 2 amide bonds. The van der Waals surface area contributed by atoms with Gasteiger partial charge in [-0.05, 0) is 55.0 Å². The van der Waals surface area contributed by atoms with Gasteiger partial charge in [0.05, 0.1) is 0 Å². The highest BCUT2D eigenvalue weighted by atomic mass is 35.5. The average Bonchev–Trinajstić information content (AvgIpc) is 2.67. The van der Waals surface area contributed by atoms with Gasteiger partial charge in [0.1, 0.15) is 6.54 Å². The Morgan fingerprint density at radius 3 is 2.31 bits per heavy atom. The van der Waals surface area contributed by atoms with Crippen LogP contribution in [-0.2, 0) is 11.3 Å². The molecule has 0 radical (unpaired) electrons. The molecule has 0 aliphatic rings. The van der Waals surface area contributed by atoms with Crippen molar-refractivity contribution in [2.45, 2.75) is 13.5 Å². The quantitative estimate of drug-likeness (QED) is 0.558. The van der Waals surface area contributed by atoms with E-state index in [4.69, 9.17) is 23.2 Å². The number of nitrogens with one attached hydrogen (secondary N) is 1. The number of halogens is 2. The number of nitrogens with zero attached hydrogens (tertiary/aromatic N) is 1.